The van der Waals surface area contributed by atoms with Gasteiger partial charge in [-0.2, -0.15) is 0 Å². The Labute approximate surface area is 240 Å². The number of nitrogens with zero attached hydrogens (tertiary/aromatic N) is 3. The van der Waals surface area contributed by atoms with Crippen LogP contribution in [-0.4, -0.2) is 67.7 Å². The fraction of sp³-hybridized carbons (Fsp3) is 0.433. The minimum Gasteiger partial charge on any atom is -0.410 e. The monoisotopic (exact) mass is 580 g/mol. The van der Waals surface area contributed by atoms with Crippen molar-refractivity contribution in [3.63, 3.8) is 0 Å². The molecule has 2 fully saturated rings. The maximum absolute atomic E-state index is 13.7. The molecule has 3 aromatic rings. The van der Waals surface area contributed by atoms with Crippen molar-refractivity contribution in [2.24, 2.45) is 0 Å². The number of sulfone groups is 1. The third-order valence-corrected chi connectivity index (χ3v) is 10.4. The molecule has 11 heteroatoms. The molecule has 218 valence electrons. The van der Waals surface area contributed by atoms with Crippen LogP contribution in [0.25, 0.3) is 11.4 Å². The van der Waals surface area contributed by atoms with Gasteiger partial charge in [0.2, 0.25) is 0 Å². The van der Waals surface area contributed by atoms with E-state index in [0.29, 0.717) is 66.9 Å². The van der Waals surface area contributed by atoms with E-state index >= 15 is 0 Å². The fourth-order valence-corrected chi connectivity index (χ4v) is 7.81. The summed E-state index contributed by atoms with van der Waals surface area (Å²) in [5, 5.41) is 12.1. The Morgan fingerprint density at radius 3 is 2.54 bits per heavy atom. The van der Waals surface area contributed by atoms with Gasteiger partial charge in [0.1, 0.15) is 16.3 Å². The number of aromatic nitrogens is 2. The third-order valence-electron chi connectivity index (χ3n) is 7.76. The van der Waals surface area contributed by atoms with Gasteiger partial charge in [0, 0.05) is 30.5 Å². The van der Waals surface area contributed by atoms with Crippen LogP contribution >= 0.6 is 0 Å². The number of morpholine rings is 1. The van der Waals surface area contributed by atoms with Crippen LogP contribution in [0.15, 0.2) is 60.7 Å². The lowest BCUT2D eigenvalue weighted by Crippen LogP contribution is -2.44. The number of amides is 1. The number of nitrogens with one attached hydrogen (secondary N) is 1. The molecule has 41 heavy (non-hydrogen) atoms. The SMILES string of the molecule is C[C@H]1COCCN1c1cc(C2(S(=O)(=O)CCCO)CCCC2)nc(-c2ccc(NC(=O)Oc3ccccc3)cc2)n1. The van der Waals surface area contributed by atoms with Gasteiger partial charge in [0.05, 0.1) is 30.7 Å². The number of ether oxygens (including phenoxy) is 2. The summed E-state index contributed by atoms with van der Waals surface area (Å²) < 4.78 is 37.3. The first-order chi connectivity index (χ1) is 19.8. The maximum Gasteiger partial charge on any atom is 0.417 e. The van der Waals surface area contributed by atoms with Crippen LogP contribution in [-0.2, 0) is 19.3 Å². The van der Waals surface area contributed by atoms with Crippen LogP contribution in [0.4, 0.5) is 16.3 Å². The summed E-state index contributed by atoms with van der Waals surface area (Å²) in [5.41, 5.74) is 1.73. The topological polar surface area (TPSA) is 131 Å². The molecular formula is C30H36N4O6S. The predicted octanol–water partition coefficient (Wildman–Crippen LogP) is 4.55. The van der Waals surface area contributed by atoms with Crippen molar-refractivity contribution in [3.05, 3.63) is 66.4 Å². The molecule has 2 heterocycles. The quantitative estimate of drug-likeness (QED) is 0.374. The molecule has 2 aliphatic rings. The van der Waals surface area contributed by atoms with Gasteiger partial charge in [-0.25, -0.2) is 23.2 Å². The molecule has 2 aromatic carbocycles. The van der Waals surface area contributed by atoms with E-state index in [2.05, 4.69) is 17.1 Å². The van der Waals surface area contributed by atoms with Crippen molar-refractivity contribution in [1.82, 2.24) is 9.97 Å². The molecule has 1 amide bonds. The van der Waals surface area contributed by atoms with E-state index in [1.807, 2.05) is 12.1 Å². The van der Waals surface area contributed by atoms with E-state index < -0.39 is 20.7 Å². The van der Waals surface area contributed by atoms with E-state index in [-0.39, 0.29) is 24.8 Å². The first-order valence-electron chi connectivity index (χ1n) is 14.0. The van der Waals surface area contributed by atoms with Gasteiger partial charge in [-0.05, 0) is 62.6 Å². The highest BCUT2D eigenvalue weighted by Gasteiger charge is 2.48. The molecule has 1 saturated heterocycles. The largest absolute Gasteiger partial charge is 0.417 e. The summed E-state index contributed by atoms with van der Waals surface area (Å²) in [4.78, 5) is 24.2. The van der Waals surface area contributed by atoms with Crippen LogP contribution in [0.5, 0.6) is 5.75 Å². The first kappa shape index (κ1) is 29.0. The second-order valence-electron chi connectivity index (χ2n) is 10.6. The molecule has 0 bridgehead atoms. The lowest BCUT2D eigenvalue weighted by Gasteiger charge is -2.36. The van der Waals surface area contributed by atoms with Crippen LogP contribution in [0, 0.1) is 0 Å². The average molecular weight is 581 g/mol. The standard InChI is InChI=1S/C30H36N4O6S/c1-22-21-39-18-16-34(22)27-20-26(30(14-5-6-15-30)41(37,38)19-7-17-35)32-28(33-27)23-10-12-24(13-11-23)31-29(36)40-25-8-3-2-4-9-25/h2-4,8-13,20,22,35H,5-7,14-19,21H2,1H3,(H,31,36)/t22-/m0/s1. The number of para-hydroxylation sites is 1. The molecular weight excluding hydrogens is 544 g/mol. The molecule has 1 aliphatic heterocycles. The lowest BCUT2D eigenvalue weighted by molar-refractivity contribution is 0.0985. The highest BCUT2D eigenvalue weighted by molar-refractivity contribution is 7.92. The lowest BCUT2D eigenvalue weighted by atomic mass is 10.0. The number of hydrogen-bond acceptors (Lipinski definition) is 9. The number of hydrogen-bond donors (Lipinski definition) is 2. The summed E-state index contributed by atoms with van der Waals surface area (Å²) in [5.74, 6) is 1.42. The van der Waals surface area contributed by atoms with Gasteiger partial charge in [-0.3, -0.25) is 5.32 Å². The molecule has 0 spiro atoms. The second kappa shape index (κ2) is 12.5. The Balaban J connectivity index is 1.49. The van der Waals surface area contributed by atoms with E-state index in [4.69, 9.17) is 19.4 Å². The van der Waals surface area contributed by atoms with E-state index in [1.54, 1.807) is 48.5 Å². The molecule has 1 aromatic heterocycles. The van der Waals surface area contributed by atoms with Gasteiger partial charge >= 0.3 is 6.09 Å². The third kappa shape index (κ3) is 6.37. The van der Waals surface area contributed by atoms with Gasteiger partial charge in [-0.1, -0.05) is 31.0 Å². The number of benzene rings is 2. The Morgan fingerprint density at radius 2 is 1.85 bits per heavy atom. The fourth-order valence-electron chi connectivity index (χ4n) is 5.58. The Bertz CT molecular complexity index is 1440. The zero-order chi connectivity index (χ0) is 28.9. The number of aliphatic hydroxyl groups is 1. The molecule has 2 N–H and O–H groups in total. The molecule has 10 nitrogen and oxygen atoms in total. The van der Waals surface area contributed by atoms with Crippen LogP contribution in [0.3, 0.4) is 0 Å². The number of rotatable bonds is 9. The number of aliphatic hydroxyl groups excluding tert-OH is 1. The maximum atomic E-state index is 13.7. The van der Waals surface area contributed by atoms with E-state index in [1.165, 1.54) is 0 Å². The van der Waals surface area contributed by atoms with Gasteiger partial charge < -0.3 is 19.5 Å². The van der Waals surface area contributed by atoms with Crippen molar-refractivity contribution >= 4 is 27.4 Å². The van der Waals surface area contributed by atoms with Crippen molar-refractivity contribution in [2.75, 3.05) is 42.3 Å². The number of carbonyl (C=O) groups excluding carboxylic acids is 1. The summed E-state index contributed by atoms with van der Waals surface area (Å²) in [6, 6.07) is 17.8. The second-order valence-corrected chi connectivity index (χ2v) is 13.0. The zero-order valence-electron chi connectivity index (χ0n) is 23.2. The van der Waals surface area contributed by atoms with Crippen molar-refractivity contribution < 1.29 is 27.8 Å². The Hall–Kier alpha value is -3.54. The summed E-state index contributed by atoms with van der Waals surface area (Å²) >= 11 is 0. The molecule has 5 rings (SSSR count). The number of anilines is 2. The number of carbonyl (C=O) groups is 1. The van der Waals surface area contributed by atoms with Gasteiger partial charge in [0.15, 0.2) is 15.7 Å². The summed E-state index contributed by atoms with van der Waals surface area (Å²) in [6.45, 7) is 3.61. The normalized spacial score (nSPS) is 18.7. The first-order valence-corrected chi connectivity index (χ1v) is 15.7. The molecule has 1 atom stereocenters. The van der Waals surface area contributed by atoms with Gasteiger partial charge in [0.25, 0.3) is 0 Å². The molecule has 1 aliphatic carbocycles. The average Bonchev–Trinajstić information content (AvgIpc) is 3.49. The zero-order valence-corrected chi connectivity index (χ0v) is 24.0. The van der Waals surface area contributed by atoms with Crippen LogP contribution in [0.2, 0.25) is 0 Å². The minimum atomic E-state index is -3.60. The van der Waals surface area contributed by atoms with Crippen molar-refractivity contribution in [3.8, 4) is 17.1 Å². The van der Waals surface area contributed by atoms with Crippen molar-refractivity contribution in [1.29, 1.82) is 0 Å². The molecule has 0 unspecified atom stereocenters. The Kier molecular flexibility index (Phi) is 8.86. The molecule has 1 saturated carbocycles. The smallest absolute Gasteiger partial charge is 0.410 e. The van der Waals surface area contributed by atoms with E-state index in [0.717, 1.165) is 12.8 Å². The summed E-state index contributed by atoms with van der Waals surface area (Å²) in [6.07, 6.45) is 2.14. The van der Waals surface area contributed by atoms with Crippen LogP contribution < -0.4 is 15.0 Å². The minimum absolute atomic E-state index is 0.0621. The predicted molar refractivity (Wildman–Crippen MR) is 157 cm³/mol. The van der Waals surface area contributed by atoms with E-state index in [9.17, 15) is 18.3 Å². The summed E-state index contributed by atoms with van der Waals surface area (Å²) in [7, 11) is -3.60. The van der Waals surface area contributed by atoms with Gasteiger partial charge in [-0.15, -0.1) is 0 Å². The van der Waals surface area contributed by atoms with Crippen LogP contribution in [0.1, 0.15) is 44.7 Å². The highest BCUT2D eigenvalue weighted by Crippen LogP contribution is 2.46. The highest BCUT2D eigenvalue weighted by atomic mass is 32.2. The Morgan fingerprint density at radius 1 is 1.12 bits per heavy atom. The molecule has 0 radical (unpaired) electrons. The van der Waals surface area contributed by atoms with Crippen molar-refractivity contribution in [2.45, 2.75) is 49.8 Å².